The van der Waals surface area contributed by atoms with Crippen molar-refractivity contribution in [2.75, 3.05) is 0 Å². The molecule has 0 aromatic heterocycles. The molecule has 0 atom stereocenters. The molecule has 3 nitrogen and oxygen atoms in total. The second-order valence-electron chi connectivity index (χ2n) is 1.70. The average molecular weight is 216 g/mol. The summed E-state index contributed by atoms with van der Waals surface area (Å²) in [6, 6.07) is 8.20. The predicted octanol–water partition coefficient (Wildman–Crippen LogP) is 0.731. The molecule has 1 aromatic rings. The van der Waals surface area contributed by atoms with Crippen LogP contribution in [0.1, 0.15) is 0 Å². The van der Waals surface area contributed by atoms with Crippen molar-refractivity contribution in [1.29, 1.82) is 0 Å². The minimum Gasteiger partial charge on any atom is -0.283 e. The molecule has 0 bridgehead atoms. The van der Waals surface area contributed by atoms with Gasteiger partial charge < -0.3 is 0 Å². The Hall–Kier alpha value is -0.376. The summed E-state index contributed by atoms with van der Waals surface area (Å²) in [6.07, 6.45) is 0. The van der Waals surface area contributed by atoms with Gasteiger partial charge in [0.15, 0.2) is 0 Å². The number of hydrogen-bond acceptors (Lipinski definition) is 2. The van der Waals surface area contributed by atoms with Crippen molar-refractivity contribution in [3.63, 3.8) is 0 Å². The Bertz CT molecular complexity index is 306. The zero-order chi connectivity index (χ0) is 7.61. The molecule has 64 valence electrons. The van der Waals surface area contributed by atoms with Crippen LogP contribution < -0.4 is 0 Å². The largest absolute Gasteiger partial charge is 0.283 e. The first-order valence-electron chi connectivity index (χ1n) is 2.55. The summed E-state index contributed by atoms with van der Waals surface area (Å²) in [5.41, 5.74) is 0. The van der Waals surface area contributed by atoms with Crippen molar-refractivity contribution in [3.05, 3.63) is 30.3 Å². The zero-order valence-corrected chi connectivity index (χ0v) is 7.10. The van der Waals surface area contributed by atoms with Crippen LogP contribution in [0.15, 0.2) is 29.2 Å². The van der Waals surface area contributed by atoms with E-state index in [9.17, 15) is 8.42 Å². The molecule has 0 heterocycles. The van der Waals surface area contributed by atoms with E-state index in [1.807, 2.05) is 0 Å². The monoisotopic (exact) mass is 215 g/mol. The van der Waals surface area contributed by atoms with Crippen molar-refractivity contribution in [3.8, 4) is 0 Å². The Morgan fingerprint density at radius 3 is 2.27 bits per heavy atom. The third kappa shape index (κ3) is 3.01. The molecule has 0 aliphatic heterocycles. The van der Waals surface area contributed by atoms with Crippen LogP contribution in [-0.2, 0) is 26.6 Å². The van der Waals surface area contributed by atoms with Gasteiger partial charge in [-0.1, -0.05) is 0 Å². The first-order valence-corrected chi connectivity index (χ1v) is 3.99. The molecule has 0 radical (unpaired) electrons. The third-order valence-corrected chi connectivity index (χ3v) is 1.77. The molecule has 0 saturated carbocycles. The van der Waals surface area contributed by atoms with Gasteiger partial charge in [0.1, 0.15) is 0 Å². The van der Waals surface area contributed by atoms with Crippen molar-refractivity contribution in [2.45, 2.75) is 4.90 Å². The van der Waals surface area contributed by atoms with Crippen LogP contribution in [0.3, 0.4) is 0 Å². The van der Waals surface area contributed by atoms with Gasteiger partial charge in [0, 0.05) is 16.5 Å². The van der Waals surface area contributed by atoms with E-state index in [2.05, 4.69) is 6.07 Å². The Kier molecular flexibility index (Phi) is 3.72. The molecular formula is C6H5NiO3S-. The molecule has 1 N–H and O–H groups in total. The van der Waals surface area contributed by atoms with Crippen molar-refractivity contribution >= 4 is 10.1 Å². The minimum absolute atomic E-state index is 0. The summed E-state index contributed by atoms with van der Waals surface area (Å²) >= 11 is 0. The minimum atomic E-state index is -4.06. The van der Waals surface area contributed by atoms with Crippen LogP contribution >= 0.6 is 0 Å². The molecule has 11 heavy (non-hydrogen) atoms. The molecule has 0 unspecified atom stereocenters. The molecule has 0 aliphatic carbocycles. The molecular weight excluding hydrogens is 211 g/mol. The molecule has 0 aliphatic rings. The SMILES string of the molecule is O=S(=O)(O)c1[c-]cccc1.[Ni]. The van der Waals surface area contributed by atoms with Crippen molar-refractivity contribution in [2.24, 2.45) is 0 Å². The topological polar surface area (TPSA) is 54.4 Å². The van der Waals surface area contributed by atoms with Gasteiger partial charge in [-0.25, -0.2) is 0 Å². The molecule has 0 fully saturated rings. The molecule has 1 aromatic carbocycles. The fourth-order valence-electron chi connectivity index (χ4n) is 0.537. The Balaban J connectivity index is 0.000001000. The normalized spacial score (nSPS) is 10.3. The Morgan fingerprint density at radius 1 is 1.36 bits per heavy atom. The number of benzene rings is 1. The molecule has 5 heteroatoms. The van der Waals surface area contributed by atoms with E-state index in [4.69, 9.17) is 4.55 Å². The summed E-state index contributed by atoms with van der Waals surface area (Å²) in [5.74, 6) is 0. The second-order valence-corrected chi connectivity index (χ2v) is 3.09. The van der Waals surface area contributed by atoms with Gasteiger partial charge in [-0.2, -0.15) is 32.7 Å². The van der Waals surface area contributed by atoms with Gasteiger partial charge in [-0.3, -0.25) is 4.55 Å². The molecule has 0 saturated heterocycles. The van der Waals surface area contributed by atoms with E-state index < -0.39 is 10.1 Å². The first-order chi connectivity index (χ1) is 4.61. The van der Waals surface area contributed by atoms with Gasteiger partial charge in [-0.15, -0.1) is 6.07 Å². The van der Waals surface area contributed by atoms with Crippen molar-refractivity contribution in [1.82, 2.24) is 0 Å². The quantitative estimate of drug-likeness (QED) is 0.427. The van der Waals surface area contributed by atoms with E-state index in [0.29, 0.717) is 0 Å². The summed E-state index contributed by atoms with van der Waals surface area (Å²) < 4.78 is 29.1. The summed E-state index contributed by atoms with van der Waals surface area (Å²) in [7, 11) is -4.06. The van der Waals surface area contributed by atoms with Crippen LogP contribution in [0, 0.1) is 6.07 Å². The second kappa shape index (κ2) is 3.86. The maximum absolute atomic E-state index is 10.4. The maximum Gasteiger partial charge on any atom is 0.271 e. The third-order valence-electron chi connectivity index (χ3n) is 0.958. The smallest absolute Gasteiger partial charge is 0.271 e. The Labute approximate surface area is 75.1 Å². The summed E-state index contributed by atoms with van der Waals surface area (Å²) in [5, 5.41) is 0. The van der Waals surface area contributed by atoms with E-state index in [0.717, 1.165) is 0 Å². The van der Waals surface area contributed by atoms with Crippen LogP contribution in [0.2, 0.25) is 0 Å². The van der Waals surface area contributed by atoms with Gasteiger partial charge >= 0.3 is 0 Å². The van der Waals surface area contributed by atoms with Crippen LogP contribution in [-0.4, -0.2) is 13.0 Å². The standard InChI is InChI=1S/C6H5O3S.Ni/c7-10(8,9)6-4-2-1-3-5-6;/h1-4H,(H,7,8,9);/q-1;. The van der Waals surface area contributed by atoms with E-state index >= 15 is 0 Å². The maximum atomic E-state index is 10.4. The first kappa shape index (κ1) is 10.6. The van der Waals surface area contributed by atoms with Crippen LogP contribution in [0.25, 0.3) is 0 Å². The van der Waals surface area contributed by atoms with Gasteiger partial charge in [0.2, 0.25) is 0 Å². The number of rotatable bonds is 1. The van der Waals surface area contributed by atoms with E-state index in [1.54, 1.807) is 6.07 Å². The predicted molar refractivity (Wildman–Crippen MR) is 35.1 cm³/mol. The van der Waals surface area contributed by atoms with Gasteiger partial charge in [-0.05, 0) is 4.90 Å². The van der Waals surface area contributed by atoms with Crippen LogP contribution in [0.4, 0.5) is 0 Å². The molecule has 0 amide bonds. The fraction of sp³-hybridized carbons (Fsp3) is 0. The zero-order valence-electron chi connectivity index (χ0n) is 5.30. The molecule has 1 rings (SSSR count). The summed E-state index contributed by atoms with van der Waals surface area (Å²) in [6.45, 7) is 0. The van der Waals surface area contributed by atoms with E-state index in [-0.39, 0.29) is 21.4 Å². The fourth-order valence-corrected chi connectivity index (χ4v) is 1.00. The van der Waals surface area contributed by atoms with Crippen molar-refractivity contribution < 1.29 is 29.5 Å². The summed E-state index contributed by atoms with van der Waals surface area (Å²) in [4.78, 5) is -0.199. The Morgan fingerprint density at radius 2 is 2.00 bits per heavy atom. The average Bonchev–Trinajstić information content (AvgIpc) is 1.88. The van der Waals surface area contributed by atoms with Gasteiger partial charge in [0.05, 0.1) is 0 Å². The van der Waals surface area contributed by atoms with Crippen LogP contribution in [0.5, 0.6) is 0 Å². The number of hydrogen-bond donors (Lipinski definition) is 1. The van der Waals surface area contributed by atoms with E-state index in [1.165, 1.54) is 18.2 Å². The molecule has 0 spiro atoms. The van der Waals surface area contributed by atoms with Gasteiger partial charge in [0.25, 0.3) is 10.1 Å².